The minimum Gasteiger partial charge on any atom is -0.497 e. The van der Waals surface area contributed by atoms with Crippen LogP contribution < -0.4 is 9.47 Å². The van der Waals surface area contributed by atoms with Gasteiger partial charge in [0.05, 0.1) is 20.3 Å². The standard InChI is InChI=1S/C11H15ClO3/c1-13-10-3-2-4-11(9-10)15-8-7-14-6-5-12/h2-4,9H,5-8H2,1H3. The third-order valence-corrected chi connectivity index (χ3v) is 1.91. The molecular weight excluding hydrogens is 216 g/mol. The van der Waals surface area contributed by atoms with Crippen LogP contribution in [0.25, 0.3) is 0 Å². The molecule has 0 aliphatic heterocycles. The molecule has 84 valence electrons. The highest BCUT2D eigenvalue weighted by molar-refractivity contribution is 6.17. The van der Waals surface area contributed by atoms with Crippen molar-refractivity contribution in [2.24, 2.45) is 0 Å². The molecule has 0 bridgehead atoms. The number of rotatable bonds is 7. The molecule has 0 aromatic heterocycles. The second kappa shape index (κ2) is 7.37. The summed E-state index contributed by atoms with van der Waals surface area (Å²) in [5.41, 5.74) is 0. The molecule has 15 heavy (non-hydrogen) atoms. The number of hydrogen-bond acceptors (Lipinski definition) is 3. The third kappa shape index (κ3) is 4.91. The number of benzene rings is 1. The van der Waals surface area contributed by atoms with Gasteiger partial charge in [0.15, 0.2) is 0 Å². The molecule has 0 saturated carbocycles. The number of halogens is 1. The second-order valence-corrected chi connectivity index (χ2v) is 3.21. The molecule has 4 heteroatoms. The Balaban J connectivity index is 2.24. The Kier molecular flexibility index (Phi) is 5.97. The maximum Gasteiger partial charge on any atom is 0.123 e. The van der Waals surface area contributed by atoms with E-state index < -0.39 is 0 Å². The summed E-state index contributed by atoms with van der Waals surface area (Å²) in [6.45, 7) is 1.62. The molecule has 1 rings (SSSR count). The fourth-order valence-corrected chi connectivity index (χ4v) is 1.18. The molecular formula is C11H15ClO3. The number of methoxy groups -OCH3 is 1. The third-order valence-electron chi connectivity index (χ3n) is 1.76. The molecule has 0 aliphatic carbocycles. The highest BCUT2D eigenvalue weighted by Crippen LogP contribution is 2.18. The average molecular weight is 231 g/mol. The minimum absolute atomic E-state index is 0.513. The van der Waals surface area contributed by atoms with Crippen LogP contribution >= 0.6 is 11.6 Å². The van der Waals surface area contributed by atoms with Crippen LogP contribution in [0.3, 0.4) is 0 Å². The van der Waals surface area contributed by atoms with Gasteiger partial charge in [-0.3, -0.25) is 0 Å². The minimum atomic E-state index is 0.513. The molecule has 0 radical (unpaired) electrons. The summed E-state index contributed by atoms with van der Waals surface area (Å²) < 4.78 is 15.7. The van der Waals surface area contributed by atoms with E-state index in [2.05, 4.69) is 0 Å². The highest BCUT2D eigenvalue weighted by Gasteiger charge is 1.96. The quantitative estimate of drug-likeness (QED) is 0.532. The fraction of sp³-hybridized carbons (Fsp3) is 0.455. The second-order valence-electron chi connectivity index (χ2n) is 2.83. The molecule has 0 aliphatic rings. The van der Waals surface area contributed by atoms with E-state index in [1.54, 1.807) is 7.11 Å². The van der Waals surface area contributed by atoms with Crippen LogP contribution in [0.4, 0.5) is 0 Å². The molecule has 1 aromatic carbocycles. The van der Waals surface area contributed by atoms with Crippen molar-refractivity contribution in [3.8, 4) is 11.5 Å². The van der Waals surface area contributed by atoms with Crippen LogP contribution in [0.5, 0.6) is 11.5 Å². The summed E-state index contributed by atoms with van der Waals surface area (Å²) in [5.74, 6) is 2.08. The van der Waals surface area contributed by atoms with Crippen molar-refractivity contribution in [3.63, 3.8) is 0 Å². The highest BCUT2D eigenvalue weighted by atomic mass is 35.5. The summed E-state index contributed by atoms with van der Waals surface area (Å²) in [7, 11) is 1.63. The van der Waals surface area contributed by atoms with Crippen molar-refractivity contribution in [3.05, 3.63) is 24.3 Å². The molecule has 0 saturated heterocycles. The lowest BCUT2D eigenvalue weighted by molar-refractivity contribution is 0.111. The van der Waals surface area contributed by atoms with Crippen molar-refractivity contribution >= 4 is 11.6 Å². The van der Waals surface area contributed by atoms with Crippen LogP contribution in [-0.4, -0.2) is 32.8 Å². The van der Waals surface area contributed by atoms with E-state index in [4.69, 9.17) is 25.8 Å². The van der Waals surface area contributed by atoms with Crippen LogP contribution in [0.15, 0.2) is 24.3 Å². The molecule has 0 fully saturated rings. The van der Waals surface area contributed by atoms with Gasteiger partial charge in [0.1, 0.15) is 18.1 Å². The number of alkyl halides is 1. The zero-order valence-corrected chi connectivity index (χ0v) is 9.50. The van der Waals surface area contributed by atoms with E-state index >= 15 is 0 Å². The lowest BCUT2D eigenvalue weighted by atomic mass is 10.3. The first-order valence-corrected chi connectivity index (χ1v) is 5.31. The van der Waals surface area contributed by atoms with Gasteiger partial charge in [-0.05, 0) is 12.1 Å². The van der Waals surface area contributed by atoms with Gasteiger partial charge in [-0.2, -0.15) is 0 Å². The van der Waals surface area contributed by atoms with Crippen molar-refractivity contribution < 1.29 is 14.2 Å². The average Bonchev–Trinajstić information content (AvgIpc) is 2.29. The van der Waals surface area contributed by atoms with Gasteiger partial charge in [-0.25, -0.2) is 0 Å². The summed E-state index contributed by atoms with van der Waals surface area (Å²) in [4.78, 5) is 0. The topological polar surface area (TPSA) is 27.7 Å². The Morgan fingerprint density at radius 2 is 1.93 bits per heavy atom. The van der Waals surface area contributed by atoms with E-state index in [1.807, 2.05) is 24.3 Å². The molecule has 0 amide bonds. The maximum atomic E-state index is 5.45. The zero-order valence-electron chi connectivity index (χ0n) is 8.74. The molecule has 3 nitrogen and oxygen atoms in total. The van der Waals surface area contributed by atoms with Crippen LogP contribution in [0.1, 0.15) is 0 Å². The summed E-state index contributed by atoms with van der Waals surface area (Å²) in [5, 5.41) is 0. The van der Waals surface area contributed by atoms with Crippen molar-refractivity contribution in [1.29, 1.82) is 0 Å². The Hall–Kier alpha value is -0.930. The van der Waals surface area contributed by atoms with Crippen molar-refractivity contribution in [1.82, 2.24) is 0 Å². The van der Waals surface area contributed by atoms with Gasteiger partial charge < -0.3 is 14.2 Å². The van der Waals surface area contributed by atoms with E-state index in [0.29, 0.717) is 25.7 Å². The van der Waals surface area contributed by atoms with Gasteiger partial charge in [0.25, 0.3) is 0 Å². The first-order chi connectivity index (χ1) is 7.36. The smallest absolute Gasteiger partial charge is 0.123 e. The van der Waals surface area contributed by atoms with Gasteiger partial charge in [0.2, 0.25) is 0 Å². The first kappa shape index (κ1) is 12.1. The Bertz CT molecular complexity index is 278. The molecule has 0 unspecified atom stereocenters. The monoisotopic (exact) mass is 230 g/mol. The largest absolute Gasteiger partial charge is 0.497 e. The molecule has 0 spiro atoms. The van der Waals surface area contributed by atoms with Crippen molar-refractivity contribution in [2.45, 2.75) is 0 Å². The lowest BCUT2D eigenvalue weighted by Crippen LogP contribution is -2.07. The summed E-state index contributed by atoms with van der Waals surface area (Å²) in [6, 6.07) is 7.47. The normalized spacial score (nSPS) is 10.0. The van der Waals surface area contributed by atoms with E-state index in [0.717, 1.165) is 11.5 Å². The van der Waals surface area contributed by atoms with Crippen LogP contribution in [0, 0.1) is 0 Å². The van der Waals surface area contributed by atoms with E-state index in [1.165, 1.54) is 0 Å². The fourth-order valence-electron chi connectivity index (χ4n) is 1.07. The SMILES string of the molecule is COc1cccc(OCCOCCCl)c1. The zero-order chi connectivity index (χ0) is 10.9. The Morgan fingerprint density at radius 1 is 1.13 bits per heavy atom. The molecule has 0 N–H and O–H groups in total. The van der Waals surface area contributed by atoms with Gasteiger partial charge >= 0.3 is 0 Å². The molecule has 0 atom stereocenters. The number of ether oxygens (including phenoxy) is 3. The van der Waals surface area contributed by atoms with Gasteiger partial charge in [0, 0.05) is 11.9 Å². The molecule has 0 heterocycles. The lowest BCUT2D eigenvalue weighted by Gasteiger charge is -2.07. The maximum absolute atomic E-state index is 5.45. The number of hydrogen-bond donors (Lipinski definition) is 0. The Morgan fingerprint density at radius 3 is 2.67 bits per heavy atom. The van der Waals surface area contributed by atoms with Crippen LogP contribution in [-0.2, 0) is 4.74 Å². The van der Waals surface area contributed by atoms with Crippen molar-refractivity contribution in [2.75, 3.05) is 32.8 Å². The van der Waals surface area contributed by atoms with E-state index in [-0.39, 0.29) is 0 Å². The predicted molar refractivity (Wildman–Crippen MR) is 60.0 cm³/mol. The predicted octanol–water partition coefficient (Wildman–Crippen LogP) is 2.33. The van der Waals surface area contributed by atoms with E-state index in [9.17, 15) is 0 Å². The van der Waals surface area contributed by atoms with Gasteiger partial charge in [-0.15, -0.1) is 11.6 Å². The first-order valence-electron chi connectivity index (χ1n) is 4.77. The van der Waals surface area contributed by atoms with Gasteiger partial charge in [-0.1, -0.05) is 6.07 Å². The Labute approximate surface area is 94.9 Å². The van der Waals surface area contributed by atoms with Crippen LogP contribution in [0.2, 0.25) is 0 Å². The summed E-state index contributed by atoms with van der Waals surface area (Å²) >= 11 is 5.45. The summed E-state index contributed by atoms with van der Waals surface area (Å²) in [6.07, 6.45) is 0. The molecule has 1 aromatic rings.